The quantitative estimate of drug-likeness (QED) is 0.818. The van der Waals surface area contributed by atoms with Crippen LogP contribution in [-0.4, -0.2) is 10.2 Å². The lowest BCUT2D eigenvalue weighted by Crippen LogP contribution is -2.18. The first kappa shape index (κ1) is 15.2. The van der Waals surface area contributed by atoms with Gasteiger partial charge in [-0.2, -0.15) is 5.26 Å². The Balaban J connectivity index is 2.60. The maximum atomic E-state index is 10.3. The maximum Gasteiger partial charge on any atom is 0.123 e. The second-order valence-electron chi connectivity index (χ2n) is 5.90. The number of allylic oxidation sites excluding steroid dienone is 3. The number of nitriles is 1. The van der Waals surface area contributed by atoms with Gasteiger partial charge in [0.05, 0.1) is 12.5 Å². The zero-order valence-electron chi connectivity index (χ0n) is 12.6. The van der Waals surface area contributed by atoms with E-state index in [1.165, 1.54) is 11.6 Å². The Morgan fingerprint density at radius 2 is 2.14 bits per heavy atom. The van der Waals surface area contributed by atoms with Gasteiger partial charge in [0.1, 0.15) is 11.5 Å². The fourth-order valence-electron chi connectivity index (χ4n) is 3.20. The molecule has 2 rings (SSSR count). The molecule has 0 heterocycles. The third-order valence-corrected chi connectivity index (χ3v) is 4.21. The smallest absolute Gasteiger partial charge is 0.123 e. The molecule has 0 bridgehead atoms. The Morgan fingerprint density at radius 1 is 1.43 bits per heavy atom. The normalized spacial score (nSPS) is 21.5. The fraction of sp³-hybridized carbons (Fsp3) is 0.389. The fourth-order valence-corrected chi connectivity index (χ4v) is 3.20. The van der Waals surface area contributed by atoms with Gasteiger partial charge in [0, 0.05) is 17.5 Å². The van der Waals surface area contributed by atoms with Crippen LogP contribution < -0.4 is 0 Å². The number of aromatic hydroxyl groups is 2. The van der Waals surface area contributed by atoms with E-state index in [2.05, 4.69) is 25.6 Å². The molecule has 2 N–H and O–H groups in total. The first-order valence-electron chi connectivity index (χ1n) is 7.18. The predicted molar refractivity (Wildman–Crippen MR) is 83.1 cm³/mol. The van der Waals surface area contributed by atoms with Crippen molar-refractivity contribution in [2.75, 3.05) is 0 Å². The molecule has 0 saturated carbocycles. The van der Waals surface area contributed by atoms with Crippen LogP contribution in [0.25, 0.3) is 0 Å². The molecule has 0 radical (unpaired) electrons. The zero-order chi connectivity index (χ0) is 15.6. The highest BCUT2D eigenvalue weighted by Crippen LogP contribution is 2.45. The number of rotatable bonds is 3. The van der Waals surface area contributed by atoms with Gasteiger partial charge in [-0.15, -0.1) is 0 Å². The van der Waals surface area contributed by atoms with Gasteiger partial charge in [-0.3, -0.25) is 0 Å². The van der Waals surface area contributed by atoms with Crippen LogP contribution in [-0.2, 0) is 6.42 Å². The predicted octanol–water partition coefficient (Wildman–Crippen LogP) is 4.18. The molecule has 0 fully saturated rings. The van der Waals surface area contributed by atoms with E-state index < -0.39 is 0 Å². The summed E-state index contributed by atoms with van der Waals surface area (Å²) in [7, 11) is 0. The van der Waals surface area contributed by atoms with Crippen molar-refractivity contribution in [3.8, 4) is 17.6 Å². The molecule has 1 aromatic carbocycles. The number of nitrogens with zero attached hydrogens (tertiary/aromatic N) is 1. The summed E-state index contributed by atoms with van der Waals surface area (Å²) in [5.41, 5.74) is 3.81. The molecule has 3 heteroatoms. The summed E-state index contributed by atoms with van der Waals surface area (Å²) in [4.78, 5) is 0. The Kier molecular flexibility index (Phi) is 4.37. The van der Waals surface area contributed by atoms with Crippen LogP contribution in [0.2, 0.25) is 0 Å². The van der Waals surface area contributed by atoms with Crippen molar-refractivity contribution in [1.82, 2.24) is 0 Å². The van der Waals surface area contributed by atoms with Gasteiger partial charge in [-0.1, -0.05) is 23.8 Å². The molecule has 1 aliphatic rings. The van der Waals surface area contributed by atoms with E-state index in [0.717, 1.165) is 24.0 Å². The van der Waals surface area contributed by atoms with Crippen LogP contribution in [0.5, 0.6) is 11.5 Å². The van der Waals surface area contributed by atoms with Crippen molar-refractivity contribution < 1.29 is 10.2 Å². The summed E-state index contributed by atoms with van der Waals surface area (Å²) in [6.07, 6.45) is 4.36. The Hall–Kier alpha value is -2.21. The average molecular weight is 283 g/mol. The summed E-state index contributed by atoms with van der Waals surface area (Å²) in [6, 6.07) is 5.03. The standard InChI is InChI=1S/C18H21NO2/c1-11(2)15-5-4-12(3)8-16(15)18-13(6-7-19)9-14(20)10-17(18)21/h8-10,15-16,20-21H,1,4-6H2,2-3H3. The van der Waals surface area contributed by atoms with E-state index in [-0.39, 0.29) is 29.8 Å². The van der Waals surface area contributed by atoms with E-state index in [1.807, 2.05) is 6.92 Å². The van der Waals surface area contributed by atoms with Crippen LogP contribution in [0.1, 0.15) is 43.7 Å². The second kappa shape index (κ2) is 6.05. The van der Waals surface area contributed by atoms with Crippen molar-refractivity contribution in [2.24, 2.45) is 5.92 Å². The third kappa shape index (κ3) is 3.11. The van der Waals surface area contributed by atoms with Gasteiger partial charge in [0.2, 0.25) is 0 Å². The van der Waals surface area contributed by atoms with Gasteiger partial charge in [-0.05, 0) is 44.2 Å². The second-order valence-corrected chi connectivity index (χ2v) is 5.90. The Bertz CT molecular complexity index is 637. The van der Waals surface area contributed by atoms with E-state index in [0.29, 0.717) is 5.56 Å². The van der Waals surface area contributed by atoms with Crippen LogP contribution in [0.4, 0.5) is 0 Å². The largest absolute Gasteiger partial charge is 0.508 e. The molecule has 0 aliphatic heterocycles. The molecule has 1 aliphatic carbocycles. The highest BCUT2D eigenvalue weighted by atomic mass is 16.3. The lowest BCUT2D eigenvalue weighted by atomic mass is 9.72. The van der Waals surface area contributed by atoms with Gasteiger partial charge in [-0.25, -0.2) is 0 Å². The minimum atomic E-state index is -0.00936. The lowest BCUT2D eigenvalue weighted by molar-refractivity contribution is 0.424. The molecule has 110 valence electrons. The maximum absolute atomic E-state index is 10.3. The molecule has 1 aromatic rings. The SMILES string of the molecule is C=C(C)C1CCC(C)=CC1c1c(O)cc(O)cc1CC#N. The molecule has 21 heavy (non-hydrogen) atoms. The van der Waals surface area contributed by atoms with Crippen LogP contribution in [0.3, 0.4) is 0 Å². The van der Waals surface area contributed by atoms with Crippen molar-refractivity contribution >= 4 is 0 Å². The minimum absolute atomic E-state index is 0.00936. The lowest BCUT2D eigenvalue weighted by Gasteiger charge is -2.32. The molecule has 0 aromatic heterocycles. The summed E-state index contributed by atoms with van der Waals surface area (Å²) in [6.45, 7) is 8.17. The van der Waals surface area contributed by atoms with Crippen LogP contribution >= 0.6 is 0 Å². The zero-order valence-corrected chi connectivity index (χ0v) is 12.6. The van der Waals surface area contributed by atoms with Crippen LogP contribution in [0.15, 0.2) is 35.9 Å². The number of phenols is 2. The number of phenolic OH excluding ortho intramolecular Hbond substituents is 2. The van der Waals surface area contributed by atoms with Gasteiger partial charge >= 0.3 is 0 Å². The van der Waals surface area contributed by atoms with E-state index in [4.69, 9.17) is 5.26 Å². The highest BCUT2D eigenvalue weighted by Gasteiger charge is 2.29. The van der Waals surface area contributed by atoms with Gasteiger partial charge in [0.25, 0.3) is 0 Å². The first-order chi connectivity index (χ1) is 9.93. The van der Waals surface area contributed by atoms with Crippen molar-refractivity contribution in [3.05, 3.63) is 47.1 Å². The topological polar surface area (TPSA) is 64.2 Å². The summed E-state index contributed by atoms with van der Waals surface area (Å²) < 4.78 is 0. The van der Waals surface area contributed by atoms with E-state index >= 15 is 0 Å². The molecular formula is C18H21NO2. The summed E-state index contributed by atoms with van der Waals surface area (Å²) in [5, 5.41) is 29.0. The third-order valence-electron chi connectivity index (χ3n) is 4.21. The molecular weight excluding hydrogens is 262 g/mol. The number of hydrogen-bond acceptors (Lipinski definition) is 3. The molecule has 2 unspecified atom stereocenters. The minimum Gasteiger partial charge on any atom is -0.508 e. The number of hydrogen-bond donors (Lipinski definition) is 2. The van der Waals surface area contributed by atoms with Gasteiger partial charge < -0.3 is 10.2 Å². The molecule has 2 atom stereocenters. The Morgan fingerprint density at radius 3 is 2.76 bits per heavy atom. The summed E-state index contributed by atoms with van der Waals surface area (Å²) >= 11 is 0. The van der Waals surface area contributed by atoms with E-state index in [9.17, 15) is 10.2 Å². The molecule has 0 amide bonds. The van der Waals surface area contributed by atoms with E-state index in [1.54, 1.807) is 6.07 Å². The van der Waals surface area contributed by atoms with Crippen molar-refractivity contribution in [1.29, 1.82) is 5.26 Å². The average Bonchev–Trinajstić information content (AvgIpc) is 2.37. The molecule has 0 saturated heterocycles. The molecule has 0 spiro atoms. The summed E-state index contributed by atoms with van der Waals surface area (Å²) in [5.74, 6) is 0.314. The van der Waals surface area contributed by atoms with Crippen LogP contribution in [0, 0.1) is 17.2 Å². The molecule has 3 nitrogen and oxygen atoms in total. The Labute approximate surface area is 125 Å². The van der Waals surface area contributed by atoms with Gasteiger partial charge in [0.15, 0.2) is 0 Å². The van der Waals surface area contributed by atoms with Crippen molar-refractivity contribution in [2.45, 2.75) is 39.0 Å². The highest BCUT2D eigenvalue weighted by molar-refractivity contribution is 5.51. The first-order valence-corrected chi connectivity index (χ1v) is 7.18. The van der Waals surface area contributed by atoms with Crippen molar-refractivity contribution in [3.63, 3.8) is 0 Å². The monoisotopic (exact) mass is 283 g/mol. The number of benzene rings is 1.